The zero-order valence-corrected chi connectivity index (χ0v) is 16.9. The Morgan fingerprint density at radius 1 is 1.17 bits per heavy atom. The first-order valence-corrected chi connectivity index (χ1v) is 10.1. The van der Waals surface area contributed by atoms with Crippen LogP contribution >= 0.6 is 23.2 Å². The van der Waals surface area contributed by atoms with Crippen LogP contribution in [0.15, 0.2) is 27.8 Å². The van der Waals surface area contributed by atoms with Gasteiger partial charge in [0.1, 0.15) is 0 Å². The molecule has 0 aromatic heterocycles. The van der Waals surface area contributed by atoms with Crippen LogP contribution in [0.3, 0.4) is 0 Å². The van der Waals surface area contributed by atoms with Crippen LogP contribution in [-0.2, 0) is 6.54 Å². The predicted molar refractivity (Wildman–Crippen MR) is 99.4 cm³/mol. The third-order valence-electron chi connectivity index (χ3n) is 3.93. The van der Waals surface area contributed by atoms with Crippen LogP contribution in [0.4, 0.5) is 5.69 Å². The summed E-state index contributed by atoms with van der Waals surface area (Å²) >= 11 is 11.7. The first kappa shape index (κ1) is 18.6. The Labute approximate surface area is 152 Å². The molecule has 123 valence electrons. The fraction of sp³-hybridized carbons (Fsp3) is 0.412. The summed E-state index contributed by atoms with van der Waals surface area (Å²) in [4.78, 5) is 23.7. The van der Waals surface area contributed by atoms with Crippen LogP contribution in [-0.4, -0.2) is 15.8 Å². The van der Waals surface area contributed by atoms with Crippen molar-refractivity contribution in [1.82, 2.24) is 0 Å². The van der Waals surface area contributed by atoms with E-state index in [1.807, 2.05) is 6.07 Å². The van der Waals surface area contributed by atoms with Crippen LogP contribution in [0.1, 0.15) is 33.3 Å². The molecule has 0 aliphatic carbocycles. The van der Waals surface area contributed by atoms with Crippen molar-refractivity contribution < 1.29 is 0 Å². The number of halogens is 2. The zero-order chi connectivity index (χ0) is 17.4. The van der Waals surface area contributed by atoms with Crippen LogP contribution < -0.4 is 20.5 Å². The van der Waals surface area contributed by atoms with E-state index in [9.17, 15) is 9.59 Å². The Balaban J connectivity index is 2.14. The molecular formula is C17H19AsCl2NO2. The molecular weight excluding hydrogens is 396 g/mol. The van der Waals surface area contributed by atoms with E-state index in [-0.39, 0.29) is 26.6 Å². The molecule has 0 bridgehead atoms. The number of hydrogen-bond donors (Lipinski definition) is 1. The van der Waals surface area contributed by atoms with Gasteiger partial charge in [-0.1, -0.05) is 0 Å². The van der Waals surface area contributed by atoms with E-state index in [2.05, 4.69) is 33.0 Å². The van der Waals surface area contributed by atoms with Gasteiger partial charge in [0.2, 0.25) is 0 Å². The van der Waals surface area contributed by atoms with E-state index < -0.39 is 5.43 Å². The fourth-order valence-corrected chi connectivity index (χ4v) is 5.11. The number of nitrogens with one attached hydrogen (secondary N) is 1. The second-order valence-electron chi connectivity index (χ2n) is 6.64. The second kappa shape index (κ2) is 7.01. The molecule has 0 fully saturated rings. The zero-order valence-electron chi connectivity index (χ0n) is 13.5. The van der Waals surface area contributed by atoms with Crippen molar-refractivity contribution in [2.24, 2.45) is 5.41 Å². The van der Waals surface area contributed by atoms with E-state index in [0.717, 1.165) is 5.56 Å². The molecule has 0 heterocycles. The van der Waals surface area contributed by atoms with Gasteiger partial charge in [0.05, 0.1) is 0 Å². The standard InChI is InChI=1S/C17H19AsCl2NO2/c1-9(17(2,3)4)18-13-14(16(23)15(13)22)21-8-10-5-6-11(19)7-12(10)20/h5-7,9,21H,8H2,1-4H3/t9-/m0/s1. The van der Waals surface area contributed by atoms with Crippen molar-refractivity contribution in [2.45, 2.75) is 38.9 Å². The first-order valence-electron chi connectivity index (χ1n) is 7.33. The van der Waals surface area contributed by atoms with Crippen LogP contribution in [0, 0.1) is 5.41 Å². The third kappa shape index (κ3) is 4.20. The van der Waals surface area contributed by atoms with Crippen molar-refractivity contribution >= 4 is 49.0 Å². The minimum atomic E-state index is -0.415. The molecule has 2 aromatic carbocycles. The summed E-state index contributed by atoms with van der Waals surface area (Å²) in [5.41, 5.74) is 0.691. The molecule has 2 rings (SSSR count). The first-order chi connectivity index (χ1) is 10.6. The maximum absolute atomic E-state index is 11.9. The van der Waals surface area contributed by atoms with E-state index in [1.165, 1.54) is 0 Å². The summed E-state index contributed by atoms with van der Waals surface area (Å²) in [5.74, 6) is 0. The molecule has 0 amide bonds. The minimum absolute atomic E-state index is 0.122. The Hall–Kier alpha value is -0.762. The number of rotatable bonds is 5. The van der Waals surface area contributed by atoms with Crippen LogP contribution in [0.25, 0.3) is 0 Å². The van der Waals surface area contributed by atoms with Gasteiger partial charge in [-0.3, -0.25) is 0 Å². The van der Waals surface area contributed by atoms with Gasteiger partial charge in [-0.25, -0.2) is 0 Å². The van der Waals surface area contributed by atoms with Crippen LogP contribution in [0.5, 0.6) is 0 Å². The van der Waals surface area contributed by atoms with Gasteiger partial charge >= 0.3 is 153 Å². The van der Waals surface area contributed by atoms with Crippen molar-refractivity contribution in [3.8, 4) is 0 Å². The molecule has 23 heavy (non-hydrogen) atoms. The van der Waals surface area contributed by atoms with Gasteiger partial charge in [-0.05, 0) is 0 Å². The summed E-state index contributed by atoms with van der Waals surface area (Å²) < 4.78 is 1.08. The topological polar surface area (TPSA) is 46.2 Å². The molecule has 0 aliphatic heterocycles. The van der Waals surface area contributed by atoms with Gasteiger partial charge in [0.25, 0.3) is 0 Å². The van der Waals surface area contributed by atoms with Crippen molar-refractivity contribution in [2.75, 3.05) is 5.32 Å². The summed E-state index contributed by atoms with van der Waals surface area (Å²) in [6, 6.07) is 5.23. The van der Waals surface area contributed by atoms with E-state index in [1.54, 1.807) is 12.1 Å². The predicted octanol–water partition coefficient (Wildman–Crippen LogP) is 3.39. The van der Waals surface area contributed by atoms with Gasteiger partial charge < -0.3 is 0 Å². The van der Waals surface area contributed by atoms with Crippen molar-refractivity contribution in [3.05, 3.63) is 54.3 Å². The average Bonchev–Trinajstić information content (AvgIpc) is 2.46. The van der Waals surface area contributed by atoms with Gasteiger partial charge in [-0.2, -0.15) is 0 Å². The van der Waals surface area contributed by atoms with E-state index in [4.69, 9.17) is 23.2 Å². The molecule has 6 heteroatoms. The summed E-state index contributed by atoms with van der Waals surface area (Å²) in [6.07, 6.45) is 0. The number of hydrogen-bond acceptors (Lipinski definition) is 3. The Morgan fingerprint density at radius 2 is 1.83 bits per heavy atom. The van der Waals surface area contributed by atoms with Gasteiger partial charge in [0, 0.05) is 0 Å². The van der Waals surface area contributed by atoms with Crippen molar-refractivity contribution in [1.29, 1.82) is 0 Å². The van der Waals surface area contributed by atoms with Gasteiger partial charge in [-0.15, -0.1) is 0 Å². The normalized spacial score (nSPS) is 13.8. The Bertz CT molecular complexity index is 789. The quantitative estimate of drug-likeness (QED) is 0.602. The maximum atomic E-state index is 11.9. The molecule has 0 saturated heterocycles. The average molecular weight is 415 g/mol. The Morgan fingerprint density at radius 3 is 2.39 bits per heavy atom. The molecule has 0 unspecified atom stereocenters. The Kier molecular flexibility index (Phi) is 5.66. The molecule has 1 radical (unpaired) electrons. The molecule has 0 aliphatic rings. The van der Waals surface area contributed by atoms with Crippen molar-refractivity contribution in [3.63, 3.8) is 0 Å². The summed E-state index contributed by atoms with van der Waals surface area (Å²) in [7, 11) is 0. The molecule has 1 atom stereocenters. The van der Waals surface area contributed by atoms with E-state index in [0.29, 0.717) is 31.3 Å². The summed E-state index contributed by atoms with van der Waals surface area (Å²) in [6.45, 7) is 8.99. The molecule has 3 nitrogen and oxygen atoms in total. The number of anilines is 1. The second-order valence-corrected chi connectivity index (χ2v) is 10.6. The number of benzene rings is 1. The monoisotopic (exact) mass is 414 g/mol. The molecule has 2 aromatic rings. The molecule has 0 spiro atoms. The summed E-state index contributed by atoms with van der Waals surface area (Å²) in [5, 5.41) is 4.20. The van der Waals surface area contributed by atoms with Gasteiger partial charge in [0.15, 0.2) is 0 Å². The van der Waals surface area contributed by atoms with E-state index >= 15 is 0 Å². The molecule has 0 saturated carbocycles. The van der Waals surface area contributed by atoms with Crippen LogP contribution in [0.2, 0.25) is 14.8 Å². The fourth-order valence-electron chi connectivity index (χ4n) is 1.90. The molecule has 1 N–H and O–H groups in total. The SMILES string of the molecule is C[C@H]([As]c1c(NCc2ccc(Cl)cc2Cl)c(=O)c1=O)C(C)(C)C. The third-order valence-corrected chi connectivity index (χ3v) is 8.39.